The van der Waals surface area contributed by atoms with Gasteiger partial charge in [-0.1, -0.05) is 133 Å². The van der Waals surface area contributed by atoms with Gasteiger partial charge in [-0.25, -0.2) is 0 Å². The summed E-state index contributed by atoms with van der Waals surface area (Å²) in [5, 5.41) is 0. The van der Waals surface area contributed by atoms with Gasteiger partial charge in [0.1, 0.15) is 0 Å². The van der Waals surface area contributed by atoms with Crippen molar-refractivity contribution in [3.63, 3.8) is 0 Å². The number of halogens is 1. The van der Waals surface area contributed by atoms with Crippen LogP contribution in [0.25, 0.3) is 11.1 Å². The minimum atomic E-state index is 0.237. The van der Waals surface area contributed by atoms with E-state index in [4.69, 9.17) is 0 Å². The average molecular weight is 694 g/mol. The van der Waals surface area contributed by atoms with Crippen LogP contribution in [-0.2, 0) is 0 Å². The van der Waals surface area contributed by atoms with Crippen molar-refractivity contribution in [2.45, 2.75) is 38.6 Å². The molecule has 2 aliphatic carbocycles. The zero-order valence-electron chi connectivity index (χ0n) is 25.7. The van der Waals surface area contributed by atoms with Crippen molar-refractivity contribution in [2.75, 3.05) is 9.33 Å². The standard InChI is InChI=1S/C38H39IN2.C2H5N/c1-3-5-6-8-12-31-15-23-37(24-16-31)41(30-27-32(11-4-2)33-13-9-7-10-14-33)38-25-19-35(20-26-38)34-17-21-36(22-18-34)40-29-28-39;1-2-3/h3-9,11,13,15-23,25-27,29-30,37H,2,10,12,14,24,28H2,1H3;2H,1,3H2/b5-3-,8-6-,30-27-,32-11+,40-29?;. The first kappa shape index (κ1) is 34.3. The molecule has 0 saturated carbocycles. The lowest BCUT2D eigenvalue weighted by Gasteiger charge is -2.30. The maximum Gasteiger partial charge on any atom is 0.0626 e. The molecular formula is C40H44IN3. The number of allylic oxidation sites excluding steroid dienone is 14. The summed E-state index contributed by atoms with van der Waals surface area (Å²) in [5.41, 5.74) is 13.1. The van der Waals surface area contributed by atoms with Crippen molar-refractivity contribution in [2.24, 2.45) is 10.7 Å². The Morgan fingerprint density at radius 1 is 1.07 bits per heavy atom. The molecule has 226 valence electrons. The first-order valence-corrected chi connectivity index (χ1v) is 16.6. The molecule has 1 unspecified atom stereocenters. The van der Waals surface area contributed by atoms with E-state index in [-0.39, 0.29) is 6.04 Å². The minimum absolute atomic E-state index is 0.237. The van der Waals surface area contributed by atoms with E-state index in [0.717, 1.165) is 35.8 Å². The van der Waals surface area contributed by atoms with Gasteiger partial charge in [-0.2, -0.15) is 0 Å². The van der Waals surface area contributed by atoms with Crippen molar-refractivity contribution in [3.05, 3.63) is 170 Å². The highest BCUT2D eigenvalue weighted by Gasteiger charge is 2.17. The lowest BCUT2D eigenvalue weighted by molar-refractivity contribution is 0.771. The fourth-order valence-corrected chi connectivity index (χ4v) is 5.10. The average Bonchev–Trinajstić information content (AvgIpc) is 3.07. The number of aliphatic imine (C=N–C) groups is 1. The molecule has 1 atom stereocenters. The molecule has 0 fully saturated rings. The number of nitrogens with two attached hydrogens (primary N) is 1. The number of hydrogen-bond donors (Lipinski definition) is 1. The Kier molecular flexibility index (Phi) is 15.5. The van der Waals surface area contributed by atoms with Crippen LogP contribution in [0.4, 0.5) is 11.4 Å². The van der Waals surface area contributed by atoms with Crippen LogP contribution in [0.1, 0.15) is 32.6 Å². The zero-order valence-corrected chi connectivity index (χ0v) is 27.9. The van der Waals surface area contributed by atoms with Gasteiger partial charge in [-0.05, 0) is 97.0 Å². The highest BCUT2D eigenvalue weighted by molar-refractivity contribution is 14.1. The Hall–Kier alpha value is -4.16. The van der Waals surface area contributed by atoms with Gasteiger partial charge in [0.25, 0.3) is 0 Å². The van der Waals surface area contributed by atoms with Crippen LogP contribution in [-0.4, -0.2) is 16.7 Å². The van der Waals surface area contributed by atoms with Gasteiger partial charge in [0.15, 0.2) is 0 Å². The van der Waals surface area contributed by atoms with Gasteiger partial charge in [0.2, 0.25) is 0 Å². The van der Waals surface area contributed by atoms with Crippen LogP contribution in [0.3, 0.4) is 0 Å². The van der Waals surface area contributed by atoms with Crippen LogP contribution >= 0.6 is 22.6 Å². The predicted molar refractivity (Wildman–Crippen MR) is 204 cm³/mol. The molecule has 0 saturated heterocycles. The van der Waals surface area contributed by atoms with Gasteiger partial charge in [0.05, 0.1) is 11.7 Å². The Morgan fingerprint density at radius 3 is 2.39 bits per heavy atom. The Balaban J connectivity index is 0.00000169. The molecule has 44 heavy (non-hydrogen) atoms. The van der Waals surface area contributed by atoms with Gasteiger partial charge in [0, 0.05) is 22.5 Å². The molecule has 2 aliphatic rings. The van der Waals surface area contributed by atoms with Crippen LogP contribution in [0.15, 0.2) is 175 Å². The fraction of sp³-hybridized carbons (Fsp3) is 0.175. The van der Waals surface area contributed by atoms with Crippen molar-refractivity contribution >= 4 is 40.2 Å². The number of hydrogen-bond acceptors (Lipinski definition) is 3. The molecule has 0 amide bonds. The van der Waals surface area contributed by atoms with E-state index in [1.807, 2.05) is 19.2 Å². The molecule has 3 nitrogen and oxygen atoms in total. The van der Waals surface area contributed by atoms with Crippen LogP contribution < -0.4 is 10.6 Å². The molecule has 2 N–H and O–H groups in total. The highest BCUT2D eigenvalue weighted by atomic mass is 127. The Morgan fingerprint density at radius 2 is 1.80 bits per heavy atom. The third kappa shape index (κ3) is 11.2. The lowest BCUT2D eigenvalue weighted by Crippen LogP contribution is -2.29. The maximum absolute atomic E-state index is 4.61. The second kappa shape index (κ2) is 19.9. The van der Waals surface area contributed by atoms with E-state index in [0.29, 0.717) is 0 Å². The molecular weight excluding hydrogens is 649 g/mol. The smallest absolute Gasteiger partial charge is 0.0626 e. The molecule has 4 rings (SSSR count). The van der Waals surface area contributed by atoms with E-state index in [1.165, 1.54) is 39.7 Å². The Labute approximate surface area is 278 Å². The van der Waals surface area contributed by atoms with Crippen molar-refractivity contribution in [1.29, 1.82) is 0 Å². The summed E-state index contributed by atoms with van der Waals surface area (Å²) in [6.45, 7) is 9.15. The van der Waals surface area contributed by atoms with E-state index in [2.05, 4.69) is 179 Å². The number of anilines is 1. The second-order valence-corrected chi connectivity index (χ2v) is 11.0. The number of rotatable bonds is 12. The predicted octanol–water partition coefficient (Wildman–Crippen LogP) is 11.1. The summed E-state index contributed by atoms with van der Waals surface area (Å²) < 4.78 is 0.909. The third-order valence-corrected chi connectivity index (χ3v) is 7.47. The second-order valence-electron chi connectivity index (χ2n) is 10.1. The highest BCUT2D eigenvalue weighted by Crippen LogP contribution is 2.30. The summed E-state index contributed by atoms with van der Waals surface area (Å²) in [7, 11) is 0. The van der Waals surface area contributed by atoms with E-state index < -0.39 is 0 Å². The van der Waals surface area contributed by atoms with Crippen LogP contribution in [0.5, 0.6) is 0 Å². The molecule has 4 heteroatoms. The molecule has 0 bridgehead atoms. The summed E-state index contributed by atoms with van der Waals surface area (Å²) in [4.78, 5) is 6.87. The molecule has 0 radical (unpaired) electrons. The maximum atomic E-state index is 4.61. The van der Waals surface area contributed by atoms with E-state index >= 15 is 0 Å². The molecule has 0 aromatic heterocycles. The first-order chi connectivity index (χ1) is 21.6. The lowest BCUT2D eigenvalue weighted by atomic mass is 9.96. The quantitative estimate of drug-likeness (QED) is 0.104. The molecule has 2 aromatic carbocycles. The normalized spacial score (nSPS) is 16.7. The number of alkyl halides is 1. The van der Waals surface area contributed by atoms with Crippen molar-refractivity contribution in [1.82, 2.24) is 0 Å². The summed E-state index contributed by atoms with van der Waals surface area (Å²) in [6.07, 6.45) is 37.7. The summed E-state index contributed by atoms with van der Waals surface area (Å²) in [5.74, 6) is 0. The summed E-state index contributed by atoms with van der Waals surface area (Å²) in [6, 6.07) is 17.6. The molecule has 2 aromatic rings. The van der Waals surface area contributed by atoms with Gasteiger partial charge in [-0.3, -0.25) is 4.99 Å². The largest absolute Gasteiger partial charge is 0.405 e. The SMILES string of the molecule is C=C/C=C(\C=C/N(c1ccc(-c2ccc(N=CCI)cc2)cc1)C1C=CC(C/C=C\C=C/C)=CC1)C1=CC=CCC1.C=CN. The first-order valence-electron chi connectivity index (χ1n) is 15.1. The van der Waals surface area contributed by atoms with E-state index in [9.17, 15) is 0 Å². The monoisotopic (exact) mass is 693 g/mol. The number of benzene rings is 2. The van der Waals surface area contributed by atoms with E-state index in [1.54, 1.807) is 0 Å². The fourth-order valence-electron chi connectivity index (χ4n) is 4.90. The van der Waals surface area contributed by atoms with Gasteiger partial charge < -0.3 is 10.6 Å². The molecule has 0 spiro atoms. The Bertz CT molecular complexity index is 1480. The van der Waals surface area contributed by atoms with Gasteiger partial charge in [-0.15, -0.1) is 0 Å². The third-order valence-electron chi connectivity index (χ3n) is 7.08. The number of nitrogens with zero attached hydrogens (tertiary/aromatic N) is 2. The minimum Gasteiger partial charge on any atom is -0.405 e. The summed E-state index contributed by atoms with van der Waals surface area (Å²) >= 11 is 2.30. The topological polar surface area (TPSA) is 41.6 Å². The van der Waals surface area contributed by atoms with Crippen molar-refractivity contribution < 1.29 is 0 Å². The molecule has 0 heterocycles. The van der Waals surface area contributed by atoms with Gasteiger partial charge >= 0.3 is 0 Å². The van der Waals surface area contributed by atoms with Crippen LogP contribution in [0.2, 0.25) is 0 Å². The van der Waals surface area contributed by atoms with Crippen LogP contribution in [0, 0.1) is 0 Å². The zero-order chi connectivity index (χ0) is 31.4. The van der Waals surface area contributed by atoms with Crippen molar-refractivity contribution in [3.8, 4) is 11.1 Å². The molecule has 0 aliphatic heterocycles.